The molecule has 1 aromatic carbocycles. The minimum Gasteiger partial charge on any atom is -0.493 e. The van der Waals surface area contributed by atoms with Crippen molar-refractivity contribution >= 4 is 5.78 Å². The van der Waals surface area contributed by atoms with Crippen LogP contribution in [0.15, 0.2) is 36.7 Å². The summed E-state index contributed by atoms with van der Waals surface area (Å²) >= 11 is 0. The fourth-order valence-electron chi connectivity index (χ4n) is 2.84. The number of pyridine rings is 1. The molecule has 0 saturated heterocycles. The summed E-state index contributed by atoms with van der Waals surface area (Å²) in [6.45, 7) is 4.03. The predicted octanol–water partition coefficient (Wildman–Crippen LogP) is 3.23. The summed E-state index contributed by atoms with van der Waals surface area (Å²) in [7, 11) is 1.61. The van der Waals surface area contributed by atoms with Crippen molar-refractivity contribution in [1.29, 1.82) is 0 Å². The molecule has 1 aliphatic heterocycles. The zero-order chi connectivity index (χ0) is 15.7. The van der Waals surface area contributed by atoms with Crippen LogP contribution >= 0.6 is 0 Å². The molecule has 4 nitrogen and oxygen atoms in total. The predicted molar refractivity (Wildman–Crippen MR) is 83.7 cm³/mol. The first-order valence-electron chi connectivity index (χ1n) is 7.31. The van der Waals surface area contributed by atoms with Gasteiger partial charge in [0.2, 0.25) is 0 Å². The van der Waals surface area contributed by atoms with E-state index in [-0.39, 0.29) is 11.4 Å². The van der Waals surface area contributed by atoms with Gasteiger partial charge in [-0.3, -0.25) is 9.78 Å². The van der Waals surface area contributed by atoms with E-state index in [9.17, 15) is 4.79 Å². The van der Waals surface area contributed by atoms with Crippen molar-refractivity contribution in [2.45, 2.75) is 32.3 Å². The molecule has 0 radical (unpaired) electrons. The highest BCUT2D eigenvalue weighted by Crippen LogP contribution is 2.43. The molecule has 0 atom stereocenters. The van der Waals surface area contributed by atoms with Crippen LogP contribution in [0.5, 0.6) is 11.5 Å². The standard InChI is InChI=1S/C18H19NO3/c1-18(2)11-14-13(4-5-16(21-3)17(14)22-18)15(20)10-12-6-8-19-9-7-12/h4-9H,10-11H2,1-3H3. The van der Waals surface area contributed by atoms with Crippen LogP contribution in [0, 0.1) is 0 Å². The summed E-state index contributed by atoms with van der Waals surface area (Å²) in [5.41, 5.74) is 2.31. The smallest absolute Gasteiger partial charge is 0.167 e. The summed E-state index contributed by atoms with van der Waals surface area (Å²) in [5, 5.41) is 0. The highest BCUT2D eigenvalue weighted by atomic mass is 16.5. The number of carbonyl (C=O) groups excluding carboxylic acids is 1. The Bertz CT molecular complexity index is 708. The lowest BCUT2D eigenvalue weighted by molar-refractivity contribution is 0.0992. The molecule has 3 rings (SSSR count). The van der Waals surface area contributed by atoms with Gasteiger partial charge < -0.3 is 9.47 Å². The summed E-state index contributed by atoms with van der Waals surface area (Å²) in [4.78, 5) is 16.6. The maximum Gasteiger partial charge on any atom is 0.167 e. The van der Waals surface area contributed by atoms with Crippen LogP contribution < -0.4 is 9.47 Å². The number of benzene rings is 1. The minimum atomic E-state index is -0.317. The minimum absolute atomic E-state index is 0.0893. The van der Waals surface area contributed by atoms with Crippen LogP contribution in [0.4, 0.5) is 0 Å². The maximum absolute atomic E-state index is 12.7. The zero-order valence-corrected chi connectivity index (χ0v) is 13.1. The number of hydrogen-bond donors (Lipinski definition) is 0. The number of methoxy groups -OCH3 is 1. The van der Waals surface area contributed by atoms with Crippen LogP contribution in [0.3, 0.4) is 0 Å². The third-order valence-electron chi connectivity index (χ3n) is 3.84. The summed E-state index contributed by atoms with van der Waals surface area (Å²) in [6, 6.07) is 7.37. The van der Waals surface area contributed by atoms with E-state index in [0.29, 0.717) is 24.3 Å². The van der Waals surface area contributed by atoms with E-state index in [0.717, 1.165) is 16.7 Å². The number of fused-ring (bicyclic) bond motifs is 1. The van der Waals surface area contributed by atoms with Crippen LogP contribution in [0.1, 0.15) is 35.3 Å². The van der Waals surface area contributed by atoms with Gasteiger partial charge in [0.05, 0.1) is 7.11 Å². The SMILES string of the molecule is COc1ccc(C(=O)Cc2ccncc2)c2c1OC(C)(C)C2. The average molecular weight is 297 g/mol. The Labute approximate surface area is 130 Å². The Kier molecular flexibility index (Phi) is 3.61. The van der Waals surface area contributed by atoms with Crippen molar-refractivity contribution in [3.05, 3.63) is 53.3 Å². The van der Waals surface area contributed by atoms with Crippen LogP contribution in [-0.2, 0) is 12.8 Å². The van der Waals surface area contributed by atoms with Gasteiger partial charge in [-0.2, -0.15) is 0 Å². The summed E-state index contributed by atoms with van der Waals surface area (Å²) in [5.74, 6) is 1.47. The van der Waals surface area contributed by atoms with Crippen LogP contribution in [-0.4, -0.2) is 23.5 Å². The van der Waals surface area contributed by atoms with Crippen LogP contribution in [0.2, 0.25) is 0 Å². The first kappa shape index (κ1) is 14.6. The van der Waals surface area contributed by atoms with E-state index in [2.05, 4.69) is 4.98 Å². The molecule has 114 valence electrons. The van der Waals surface area contributed by atoms with Gasteiger partial charge in [0.15, 0.2) is 17.3 Å². The Morgan fingerprint density at radius 1 is 1.27 bits per heavy atom. The van der Waals surface area contributed by atoms with E-state index in [4.69, 9.17) is 9.47 Å². The van der Waals surface area contributed by atoms with Gasteiger partial charge in [-0.1, -0.05) is 0 Å². The van der Waals surface area contributed by atoms with Crippen molar-refractivity contribution < 1.29 is 14.3 Å². The second kappa shape index (κ2) is 5.44. The highest BCUT2D eigenvalue weighted by molar-refractivity contribution is 6.00. The number of ether oxygens (including phenoxy) is 2. The van der Waals surface area contributed by atoms with Crippen molar-refractivity contribution in [3.63, 3.8) is 0 Å². The number of nitrogens with zero attached hydrogens (tertiary/aromatic N) is 1. The van der Waals surface area contributed by atoms with Crippen LogP contribution in [0.25, 0.3) is 0 Å². The molecule has 0 aliphatic carbocycles. The molecule has 1 aromatic heterocycles. The van der Waals surface area contributed by atoms with Gasteiger partial charge in [-0.15, -0.1) is 0 Å². The molecule has 0 N–H and O–H groups in total. The monoisotopic (exact) mass is 297 g/mol. The molecule has 2 aromatic rings. The third kappa shape index (κ3) is 2.69. The molecule has 22 heavy (non-hydrogen) atoms. The van der Waals surface area contributed by atoms with Gasteiger partial charge in [0.1, 0.15) is 5.60 Å². The molecule has 0 amide bonds. The van der Waals surface area contributed by atoms with Gasteiger partial charge in [0, 0.05) is 36.4 Å². The summed E-state index contributed by atoms with van der Waals surface area (Å²) in [6.07, 6.45) is 4.47. The molecule has 0 spiro atoms. The fraction of sp³-hybridized carbons (Fsp3) is 0.333. The largest absolute Gasteiger partial charge is 0.493 e. The molecular weight excluding hydrogens is 278 g/mol. The second-order valence-electron chi connectivity index (χ2n) is 6.12. The lowest BCUT2D eigenvalue weighted by Crippen LogP contribution is -2.25. The van der Waals surface area contributed by atoms with E-state index >= 15 is 0 Å². The van der Waals surface area contributed by atoms with Crippen molar-refractivity contribution in [1.82, 2.24) is 4.98 Å². The highest BCUT2D eigenvalue weighted by Gasteiger charge is 2.35. The normalized spacial score (nSPS) is 15.0. The first-order valence-corrected chi connectivity index (χ1v) is 7.31. The van der Waals surface area contributed by atoms with E-state index in [1.165, 1.54) is 0 Å². The van der Waals surface area contributed by atoms with E-state index < -0.39 is 0 Å². The molecule has 1 aliphatic rings. The van der Waals surface area contributed by atoms with Crippen molar-refractivity contribution in [2.24, 2.45) is 0 Å². The molecule has 4 heteroatoms. The second-order valence-corrected chi connectivity index (χ2v) is 6.12. The molecule has 0 saturated carbocycles. The Morgan fingerprint density at radius 2 is 2.00 bits per heavy atom. The number of carbonyl (C=O) groups is 1. The lowest BCUT2D eigenvalue weighted by atomic mass is 9.93. The molecule has 0 bridgehead atoms. The zero-order valence-electron chi connectivity index (χ0n) is 13.1. The van der Waals surface area contributed by atoms with E-state index in [1.54, 1.807) is 25.6 Å². The quantitative estimate of drug-likeness (QED) is 0.813. The van der Waals surface area contributed by atoms with Crippen molar-refractivity contribution in [2.75, 3.05) is 7.11 Å². The molecule has 2 heterocycles. The van der Waals surface area contributed by atoms with Gasteiger partial charge in [0.25, 0.3) is 0 Å². The lowest BCUT2D eigenvalue weighted by Gasteiger charge is -2.17. The van der Waals surface area contributed by atoms with Gasteiger partial charge >= 0.3 is 0 Å². The molecule has 0 fully saturated rings. The molecular formula is C18H19NO3. The topological polar surface area (TPSA) is 48.4 Å². The summed E-state index contributed by atoms with van der Waals surface area (Å²) < 4.78 is 11.3. The number of ketones is 1. The number of rotatable bonds is 4. The Morgan fingerprint density at radius 3 is 2.68 bits per heavy atom. The Balaban J connectivity index is 1.96. The van der Waals surface area contributed by atoms with E-state index in [1.807, 2.05) is 32.0 Å². The third-order valence-corrected chi connectivity index (χ3v) is 3.84. The fourth-order valence-corrected chi connectivity index (χ4v) is 2.84. The number of Topliss-reactive ketones (excluding diaryl/α,β-unsaturated/α-hetero) is 1. The van der Waals surface area contributed by atoms with Gasteiger partial charge in [-0.25, -0.2) is 0 Å². The Hall–Kier alpha value is -2.36. The maximum atomic E-state index is 12.7. The molecule has 0 unspecified atom stereocenters. The average Bonchev–Trinajstić information content (AvgIpc) is 2.82. The van der Waals surface area contributed by atoms with Gasteiger partial charge in [-0.05, 0) is 43.7 Å². The number of hydrogen-bond acceptors (Lipinski definition) is 4. The number of aromatic nitrogens is 1. The van der Waals surface area contributed by atoms with Crippen molar-refractivity contribution in [3.8, 4) is 11.5 Å². The first-order chi connectivity index (χ1) is 10.5.